The molecule has 0 N–H and O–H groups in total. The summed E-state index contributed by atoms with van der Waals surface area (Å²) in [6.45, 7) is 0. The van der Waals surface area contributed by atoms with Crippen LogP contribution in [0.1, 0.15) is 42.2 Å². The first-order chi connectivity index (χ1) is 26.3. The van der Waals surface area contributed by atoms with E-state index >= 15 is 0 Å². The topological polar surface area (TPSA) is 21.7 Å². The Morgan fingerprint density at radius 3 is 2.32 bits per heavy atom. The van der Waals surface area contributed by atoms with Gasteiger partial charge in [0.1, 0.15) is 11.5 Å². The minimum atomic E-state index is -0.00373. The number of fused-ring (bicyclic) bond motifs is 7. The van der Waals surface area contributed by atoms with E-state index in [1.165, 1.54) is 33.6 Å². The van der Waals surface area contributed by atoms with Gasteiger partial charge in [-0.3, -0.25) is 0 Å². The summed E-state index contributed by atoms with van der Waals surface area (Å²) in [5.74, 6) is 4.77. The number of hydrogen-bond donors (Lipinski definition) is 0. The smallest absolute Gasteiger partial charge is 0.130 e. The summed E-state index contributed by atoms with van der Waals surface area (Å²) in [4.78, 5) is 2.61. The Kier molecular flexibility index (Phi) is 7.57. The molecule has 0 radical (unpaired) electrons. The van der Waals surface area contributed by atoms with Gasteiger partial charge in [0.25, 0.3) is 0 Å². The lowest BCUT2D eigenvalue weighted by Gasteiger charge is -2.55. The molecule has 1 fully saturated rings. The Bertz CT molecular complexity index is 2210. The molecular weight excluding hydrogens is 647 g/mol. The first-order valence-electron chi connectivity index (χ1n) is 19.8. The van der Waals surface area contributed by atoms with Gasteiger partial charge in [0.2, 0.25) is 0 Å². The molecule has 8 aliphatic rings. The number of ether oxygens (including phenoxy) is 2. The van der Waals surface area contributed by atoms with E-state index in [1.807, 2.05) is 0 Å². The predicted molar refractivity (Wildman–Crippen MR) is 214 cm³/mol. The van der Waals surface area contributed by atoms with Gasteiger partial charge in [-0.25, -0.2) is 0 Å². The monoisotopic (exact) mass is 691 g/mol. The van der Waals surface area contributed by atoms with Gasteiger partial charge in [0.05, 0.1) is 18.2 Å². The van der Waals surface area contributed by atoms with E-state index in [9.17, 15) is 0 Å². The van der Waals surface area contributed by atoms with Crippen LogP contribution in [0.2, 0.25) is 0 Å². The average Bonchev–Trinajstić information content (AvgIpc) is 3.57. The SMILES string of the molecule is C1=CCC(C2C=CC3C(C2)OC2C=CC=C(C4=CC=CC5c6ccccc6N(c6ccccc6)C45)C2C3C2c3ccccc3OC3=CC=CCC32)C=C1. The van der Waals surface area contributed by atoms with Crippen LogP contribution < -0.4 is 9.64 Å². The molecule has 3 aromatic rings. The predicted octanol–water partition coefficient (Wildman–Crippen LogP) is 11.2. The lowest BCUT2D eigenvalue weighted by atomic mass is 9.55. The van der Waals surface area contributed by atoms with Crippen molar-refractivity contribution in [2.24, 2.45) is 35.5 Å². The van der Waals surface area contributed by atoms with Crippen LogP contribution in [0.3, 0.4) is 0 Å². The third-order valence-corrected chi connectivity index (χ3v) is 13.5. The summed E-state index contributed by atoms with van der Waals surface area (Å²) in [6, 6.07) is 29.1. The number of benzene rings is 3. The van der Waals surface area contributed by atoms with Crippen molar-refractivity contribution in [2.75, 3.05) is 4.90 Å². The van der Waals surface area contributed by atoms with Gasteiger partial charge in [0.15, 0.2) is 0 Å². The van der Waals surface area contributed by atoms with Crippen molar-refractivity contribution in [3.05, 3.63) is 198 Å². The van der Waals surface area contributed by atoms with Crippen molar-refractivity contribution < 1.29 is 9.47 Å². The lowest BCUT2D eigenvalue weighted by molar-refractivity contribution is -0.124. The molecule has 262 valence electrons. The van der Waals surface area contributed by atoms with Crippen molar-refractivity contribution in [2.45, 2.75) is 49.3 Å². The summed E-state index contributed by atoms with van der Waals surface area (Å²) in [5, 5.41) is 0. The van der Waals surface area contributed by atoms with Crippen LogP contribution in [0.25, 0.3) is 0 Å². The molecule has 3 heteroatoms. The quantitative estimate of drug-likeness (QED) is 0.254. The second-order valence-corrected chi connectivity index (χ2v) is 16.1. The highest BCUT2D eigenvalue weighted by molar-refractivity contribution is 5.77. The van der Waals surface area contributed by atoms with E-state index in [-0.39, 0.29) is 47.8 Å². The van der Waals surface area contributed by atoms with Crippen molar-refractivity contribution in [3.8, 4) is 5.75 Å². The molecular formula is C50H45NO2. The van der Waals surface area contributed by atoms with E-state index in [1.54, 1.807) is 0 Å². The van der Waals surface area contributed by atoms with Crippen LogP contribution in [0.4, 0.5) is 11.4 Å². The zero-order chi connectivity index (χ0) is 34.9. The van der Waals surface area contributed by atoms with E-state index in [2.05, 4.69) is 175 Å². The summed E-state index contributed by atoms with van der Waals surface area (Å²) in [6.07, 6.45) is 38.7. The third kappa shape index (κ3) is 5.04. The Morgan fingerprint density at radius 2 is 1.42 bits per heavy atom. The largest absolute Gasteiger partial charge is 0.461 e. The van der Waals surface area contributed by atoms with Gasteiger partial charge in [-0.05, 0) is 89.6 Å². The van der Waals surface area contributed by atoms with Gasteiger partial charge in [-0.2, -0.15) is 0 Å². The summed E-state index contributed by atoms with van der Waals surface area (Å²) in [5.41, 5.74) is 8.16. The molecule has 0 aromatic heterocycles. The molecule has 5 aliphatic carbocycles. The fraction of sp³-hybridized carbons (Fsp3) is 0.280. The molecule has 0 amide bonds. The molecule has 0 saturated carbocycles. The number of allylic oxidation sites excluding steroid dienone is 13. The maximum atomic E-state index is 7.43. The Morgan fingerprint density at radius 1 is 0.604 bits per heavy atom. The maximum Gasteiger partial charge on any atom is 0.130 e. The van der Waals surface area contributed by atoms with E-state index < -0.39 is 0 Å². The average molecular weight is 692 g/mol. The van der Waals surface area contributed by atoms with Gasteiger partial charge in [-0.1, -0.05) is 140 Å². The number of para-hydroxylation sites is 3. The first kappa shape index (κ1) is 31.4. The van der Waals surface area contributed by atoms with Crippen LogP contribution in [-0.4, -0.2) is 18.2 Å². The van der Waals surface area contributed by atoms with Crippen molar-refractivity contribution >= 4 is 11.4 Å². The number of nitrogens with zero attached hydrogens (tertiary/aromatic N) is 1. The third-order valence-electron chi connectivity index (χ3n) is 13.5. The molecule has 11 unspecified atom stereocenters. The van der Waals surface area contributed by atoms with E-state index in [0.29, 0.717) is 17.8 Å². The minimum absolute atomic E-state index is 0.00373. The normalized spacial score (nSPS) is 35.4. The van der Waals surface area contributed by atoms with Crippen molar-refractivity contribution in [3.63, 3.8) is 0 Å². The lowest BCUT2D eigenvalue weighted by Crippen LogP contribution is -2.54. The zero-order valence-electron chi connectivity index (χ0n) is 29.9. The van der Waals surface area contributed by atoms with Crippen LogP contribution >= 0.6 is 0 Å². The fourth-order valence-corrected chi connectivity index (χ4v) is 11.4. The van der Waals surface area contributed by atoms with Crippen molar-refractivity contribution in [1.29, 1.82) is 0 Å². The number of anilines is 2. The van der Waals surface area contributed by atoms with E-state index in [0.717, 1.165) is 30.8 Å². The second kappa shape index (κ2) is 12.8. The Hall–Kier alpha value is -5.12. The zero-order valence-corrected chi connectivity index (χ0v) is 29.9. The Balaban J connectivity index is 1.06. The number of rotatable bonds is 4. The minimum Gasteiger partial charge on any atom is -0.461 e. The summed E-state index contributed by atoms with van der Waals surface area (Å²) >= 11 is 0. The molecule has 3 nitrogen and oxygen atoms in total. The molecule has 3 heterocycles. The Labute approximate surface area is 313 Å². The van der Waals surface area contributed by atoms with Crippen molar-refractivity contribution in [1.82, 2.24) is 0 Å². The van der Waals surface area contributed by atoms with Crippen LogP contribution in [0.5, 0.6) is 5.75 Å². The fourth-order valence-electron chi connectivity index (χ4n) is 11.4. The molecule has 53 heavy (non-hydrogen) atoms. The first-order valence-corrected chi connectivity index (χ1v) is 19.8. The molecule has 1 saturated heterocycles. The summed E-state index contributed by atoms with van der Waals surface area (Å²) < 4.78 is 14.1. The highest BCUT2D eigenvalue weighted by Gasteiger charge is 2.55. The van der Waals surface area contributed by atoms with Gasteiger partial charge in [-0.15, -0.1) is 0 Å². The standard InChI is InChI=1S/C50H45NO2/c1-3-15-32(16-4-1)33-29-30-41-46(31-33)53-45-28-14-22-36(48(45)49(41)47-39-20-8-11-26-43(39)52-44-27-12-9-21-40(44)47)38-24-13-23-37-35-19-7-10-25-42(35)51(50(37)38)34-17-5-2-6-18-34/h1-15,17-20,22-30,32-33,37,40-41,45-50H,16,21,31H2. The van der Waals surface area contributed by atoms with Crippen LogP contribution in [-0.2, 0) is 4.74 Å². The number of hydrogen-bond acceptors (Lipinski definition) is 3. The highest BCUT2D eigenvalue weighted by Crippen LogP contribution is 2.60. The molecule has 11 rings (SSSR count). The second-order valence-electron chi connectivity index (χ2n) is 16.1. The molecule has 3 aromatic carbocycles. The molecule has 3 aliphatic heterocycles. The van der Waals surface area contributed by atoms with E-state index in [4.69, 9.17) is 9.47 Å². The van der Waals surface area contributed by atoms with Gasteiger partial charge >= 0.3 is 0 Å². The van der Waals surface area contributed by atoms with Crippen LogP contribution in [0.15, 0.2) is 187 Å². The van der Waals surface area contributed by atoms with Gasteiger partial charge in [0, 0.05) is 41.0 Å². The van der Waals surface area contributed by atoms with Crippen LogP contribution in [0, 0.1) is 35.5 Å². The maximum absolute atomic E-state index is 7.43. The summed E-state index contributed by atoms with van der Waals surface area (Å²) in [7, 11) is 0. The highest BCUT2D eigenvalue weighted by atomic mass is 16.5. The van der Waals surface area contributed by atoms with Gasteiger partial charge < -0.3 is 14.4 Å². The molecule has 11 atom stereocenters. The molecule has 0 bridgehead atoms. The molecule has 0 spiro atoms.